The zero-order valence-corrected chi connectivity index (χ0v) is 24.1. The van der Waals surface area contributed by atoms with Gasteiger partial charge in [0.15, 0.2) is 8.32 Å². The molecule has 0 aromatic heterocycles. The summed E-state index contributed by atoms with van der Waals surface area (Å²) < 4.78 is 42.0. The van der Waals surface area contributed by atoms with Gasteiger partial charge in [-0.2, -0.15) is 0 Å². The van der Waals surface area contributed by atoms with E-state index < -0.39 is 29.2 Å². The van der Waals surface area contributed by atoms with E-state index in [0.717, 1.165) is 11.1 Å². The maximum Gasteiger partial charge on any atom is 0.299 e. The summed E-state index contributed by atoms with van der Waals surface area (Å²) in [6.07, 6.45) is 0.618. The average molecular weight is 517 g/mol. The van der Waals surface area contributed by atoms with Gasteiger partial charge in [0.05, 0.1) is 6.04 Å². The summed E-state index contributed by atoms with van der Waals surface area (Å²) >= 11 is 0. The van der Waals surface area contributed by atoms with E-state index in [4.69, 9.17) is 14.2 Å². The van der Waals surface area contributed by atoms with Crippen molar-refractivity contribution in [1.29, 1.82) is 0 Å². The number of benzene rings is 2. The predicted octanol–water partition coefficient (Wildman–Crippen LogP) is 6.27. The van der Waals surface area contributed by atoms with Crippen LogP contribution >= 0.6 is 0 Å². The molecule has 1 N–H and O–H groups in total. The third-order valence-corrected chi connectivity index (χ3v) is 13.5. The van der Waals surface area contributed by atoms with Gasteiger partial charge in [0.1, 0.15) is 10.9 Å². The first-order chi connectivity index (χ1) is 16.1. The van der Waals surface area contributed by atoms with Gasteiger partial charge in [0.2, 0.25) is 10.0 Å². The molecule has 6 nitrogen and oxygen atoms in total. The van der Waals surface area contributed by atoms with E-state index >= 15 is 0 Å². The quantitative estimate of drug-likeness (QED) is 0.440. The summed E-state index contributed by atoms with van der Waals surface area (Å²) in [6, 6.07) is 17.1. The SMILES string of the molecule is Cc1cccc(C2C(C)(C)OC(=N[C@@H](CCO[Si](C)(C)C(C)(C)C)c3ccccc3)NS2(=O)=O)c1. The largest absolute Gasteiger partial charge is 0.457 e. The molecule has 0 radical (unpaired) electrons. The van der Waals surface area contributed by atoms with Crippen LogP contribution in [0, 0.1) is 6.92 Å². The van der Waals surface area contributed by atoms with Crippen molar-refractivity contribution in [3.63, 3.8) is 0 Å². The third-order valence-electron chi connectivity index (χ3n) is 6.99. The Hall–Kier alpha value is -2.16. The van der Waals surface area contributed by atoms with E-state index in [1.807, 2.05) is 61.5 Å². The molecule has 1 saturated heterocycles. The first kappa shape index (κ1) is 27.4. The van der Waals surface area contributed by atoms with Crippen LogP contribution in [0.1, 0.15) is 69.0 Å². The van der Waals surface area contributed by atoms with Crippen LogP contribution in [-0.2, 0) is 19.2 Å². The van der Waals surface area contributed by atoms with E-state index in [1.165, 1.54) is 0 Å². The maximum atomic E-state index is 13.4. The Balaban J connectivity index is 1.88. The molecule has 1 heterocycles. The predicted molar refractivity (Wildman–Crippen MR) is 146 cm³/mol. The van der Waals surface area contributed by atoms with Gasteiger partial charge in [-0.3, -0.25) is 0 Å². The van der Waals surface area contributed by atoms with Crippen molar-refractivity contribution in [3.05, 3.63) is 71.3 Å². The number of rotatable bonds is 7. The summed E-state index contributed by atoms with van der Waals surface area (Å²) in [6.45, 7) is 17.2. The zero-order valence-electron chi connectivity index (χ0n) is 22.3. The fourth-order valence-electron chi connectivity index (χ4n) is 4.11. The van der Waals surface area contributed by atoms with Crippen molar-refractivity contribution < 1.29 is 17.6 Å². The molecule has 3 rings (SSSR count). The molecule has 2 atom stereocenters. The number of amidine groups is 1. The molecular formula is C27H40N2O4SSi. The van der Waals surface area contributed by atoms with Crippen LogP contribution in [0.2, 0.25) is 18.1 Å². The lowest BCUT2D eigenvalue weighted by Crippen LogP contribution is -2.53. The molecule has 0 spiro atoms. The van der Waals surface area contributed by atoms with Crippen molar-refractivity contribution in [2.45, 2.75) is 83.0 Å². The van der Waals surface area contributed by atoms with E-state index in [2.05, 4.69) is 38.6 Å². The lowest BCUT2D eigenvalue weighted by atomic mass is 9.96. The van der Waals surface area contributed by atoms with Crippen LogP contribution < -0.4 is 4.72 Å². The molecule has 1 fully saturated rings. The Labute approximate surface area is 212 Å². The van der Waals surface area contributed by atoms with Gasteiger partial charge in [-0.25, -0.2) is 18.1 Å². The minimum absolute atomic E-state index is 0.0279. The number of hydrogen-bond donors (Lipinski definition) is 1. The van der Waals surface area contributed by atoms with E-state index in [1.54, 1.807) is 13.8 Å². The van der Waals surface area contributed by atoms with Crippen molar-refractivity contribution in [2.75, 3.05) is 6.61 Å². The first-order valence-corrected chi connectivity index (χ1v) is 16.6. The summed E-state index contributed by atoms with van der Waals surface area (Å²) in [5.41, 5.74) is 1.68. The smallest absolute Gasteiger partial charge is 0.299 e. The highest BCUT2D eigenvalue weighted by molar-refractivity contribution is 7.90. The Morgan fingerprint density at radius 2 is 1.77 bits per heavy atom. The number of hydrogen-bond acceptors (Lipinski definition) is 5. The van der Waals surface area contributed by atoms with Gasteiger partial charge in [-0.1, -0.05) is 80.9 Å². The third kappa shape index (κ3) is 6.54. The Morgan fingerprint density at radius 3 is 2.34 bits per heavy atom. The van der Waals surface area contributed by atoms with Crippen LogP contribution in [-0.4, -0.2) is 35.0 Å². The topological polar surface area (TPSA) is 77.0 Å². The molecule has 2 aromatic carbocycles. The molecule has 0 amide bonds. The van der Waals surface area contributed by atoms with E-state index in [0.29, 0.717) is 18.6 Å². The number of aliphatic imine (C=N–C) groups is 1. The molecule has 1 aliphatic rings. The highest BCUT2D eigenvalue weighted by Gasteiger charge is 2.48. The molecule has 2 aromatic rings. The van der Waals surface area contributed by atoms with Crippen LogP contribution in [0.3, 0.4) is 0 Å². The molecule has 1 unspecified atom stereocenters. The minimum Gasteiger partial charge on any atom is -0.457 e. The van der Waals surface area contributed by atoms with Crippen molar-refractivity contribution >= 4 is 24.4 Å². The van der Waals surface area contributed by atoms with Crippen LogP contribution in [0.5, 0.6) is 0 Å². The van der Waals surface area contributed by atoms with Gasteiger partial charge in [-0.05, 0) is 56.5 Å². The van der Waals surface area contributed by atoms with Gasteiger partial charge >= 0.3 is 0 Å². The first-order valence-electron chi connectivity index (χ1n) is 12.2. The standard InChI is InChI=1S/C27H40N2O4SSi/c1-20-13-12-16-22(19-20)24-27(5,6)33-25(29-34(24,30)31)28-23(21-14-10-9-11-15-21)17-18-32-35(7,8)26(2,3)4/h9-16,19,23-24H,17-18H2,1-8H3,(H,28,29)/t23-,24?/m0/s1. The normalized spacial score (nSPS) is 21.7. The van der Waals surface area contributed by atoms with Gasteiger partial charge in [0, 0.05) is 6.61 Å². The Kier molecular flexibility index (Phi) is 7.89. The lowest BCUT2D eigenvalue weighted by Gasteiger charge is -2.39. The van der Waals surface area contributed by atoms with Gasteiger partial charge < -0.3 is 9.16 Å². The Bertz CT molecular complexity index is 1160. The summed E-state index contributed by atoms with van der Waals surface area (Å²) in [5.74, 6) is 0. The van der Waals surface area contributed by atoms with Crippen molar-refractivity contribution in [3.8, 4) is 0 Å². The molecule has 8 heteroatoms. The average Bonchev–Trinajstić information content (AvgIpc) is 2.71. The second-order valence-electron chi connectivity index (χ2n) is 11.4. The van der Waals surface area contributed by atoms with Gasteiger partial charge in [0.25, 0.3) is 6.02 Å². The maximum absolute atomic E-state index is 13.4. The zero-order chi connectivity index (χ0) is 26.1. The molecule has 0 bridgehead atoms. The Morgan fingerprint density at radius 1 is 1.11 bits per heavy atom. The fraction of sp³-hybridized carbons (Fsp3) is 0.519. The highest BCUT2D eigenvalue weighted by Crippen LogP contribution is 2.40. The fourth-order valence-corrected chi connectivity index (χ4v) is 6.93. The summed E-state index contributed by atoms with van der Waals surface area (Å²) in [5, 5.41) is -0.746. The van der Waals surface area contributed by atoms with Crippen molar-refractivity contribution in [2.24, 2.45) is 4.99 Å². The number of nitrogens with one attached hydrogen (secondary N) is 1. The molecule has 192 valence electrons. The minimum atomic E-state index is -3.77. The second-order valence-corrected chi connectivity index (χ2v) is 18.0. The van der Waals surface area contributed by atoms with Crippen molar-refractivity contribution in [1.82, 2.24) is 4.72 Å². The molecule has 0 aliphatic carbocycles. The molecule has 0 saturated carbocycles. The van der Waals surface area contributed by atoms with Crippen LogP contribution in [0.25, 0.3) is 0 Å². The van der Waals surface area contributed by atoms with Crippen LogP contribution in [0.4, 0.5) is 0 Å². The number of ether oxygens (including phenoxy) is 1. The monoisotopic (exact) mass is 516 g/mol. The van der Waals surface area contributed by atoms with Crippen LogP contribution in [0.15, 0.2) is 59.6 Å². The number of sulfonamides is 1. The molecular weight excluding hydrogens is 476 g/mol. The summed E-state index contributed by atoms with van der Waals surface area (Å²) in [7, 11) is -5.68. The second kappa shape index (κ2) is 10.1. The number of aryl methyl sites for hydroxylation is 1. The summed E-state index contributed by atoms with van der Waals surface area (Å²) in [4.78, 5) is 4.76. The number of nitrogens with zero attached hydrogens (tertiary/aromatic N) is 1. The lowest BCUT2D eigenvalue weighted by molar-refractivity contribution is 0.0759. The van der Waals surface area contributed by atoms with E-state index in [-0.39, 0.29) is 17.1 Å². The van der Waals surface area contributed by atoms with E-state index in [9.17, 15) is 8.42 Å². The molecule has 35 heavy (non-hydrogen) atoms. The van der Waals surface area contributed by atoms with Gasteiger partial charge in [-0.15, -0.1) is 0 Å². The highest BCUT2D eigenvalue weighted by atomic mass is 32.2. The molecule has 1 aliphatic heterocycles.